The van der Waals surface area contributed by atoms with E-state index in [0.29, 0.717) is 16.5 Å². The summed E-state index contributed by atoms with van der Waals surface area (Å²) in [6.07, 6.45) is 0. The smallest absolute Gasteiger partial charge is 0.227 e. The maximum absolute atomic E-state index is 13.3. The number of fused-ring (bicyclic) bond motifs is 1. The molecule has 3 rings (SSSR count). The fourth-order valence-electron chi connectivity index (χ4n) is 3.56. The molecule has 1 N–H and O–H groups in total. The Bertz CT molecular complexity index is 1020. The van der Waals surface area contributed by atoms with E-state index in [1.54, 1.807) is 12.1 Å². The third-order valence-electron chi connectivity index (χ3n) is 4.46. The van der Waals surface area contributed by atoms with E-state index < -0.39 is 7.37 Å². The molecule has 3 aromatic rings. The van der Waals surface area contributed by atoms with Gasteiger partial charge in [0.1, 0.15) is 0 Å². The number of benzene rings is 3. The van der Waals surface area contributed by atoms with Gasteiger partial charge in [0.05, 0.1) is 5.30 Å². The van der Waals surface area contributed by atoms with Gasteiger partial charge in [0.25, 0.3) is 0 Å². The lowest BCUT2D eigenvalue weighted by molar-refractivity contribution is 0.103. The number of aryl methyl sites for hydroxylation is 3. The van der Waals surface area contributed by atoms with Crippen LogP contribution in [0.3, 0.4) is 0 Å². The van der Waals surface area contributed by atoms with Crippen LogP contribution in [0.15, 0.2) is 48.5 Å². The molecule has 0 saturated carbocycles. The van der Waals surface area contributed by atoms with Crippen molar-refractivity contribution in [2.75, 3.05) is 6.66 Å². The zero-order valence-corrected chi connectivity index (χ0v) is 15.7. The van der Waals surface area contributed by atoms with Crippen molar-refractivity contribution >= 4 is 29.2 Å². The highest BCUT2D eigenvalue weighted by molar-refractivity contribution is 7.66. The second kappa shape index (κ2) is 6.25. The molecule has 3 nitrogen and oxygen atoms in total. The van der Waals surface area contributed by atoms with Crippen LogP contribution in [0.25, 0.3) is 10.8 Å². The quantitative estimate of drug-likeness (QED) is 0.557. The predicted octanol–water partition coefficient (Wildman–Crippen LogP) is 4.52. The van der Waals surface area contributed by atoms with Gasteiger partial charge >= 0.3 is 0 Å². The first-order valence-electron chi connectivity index (χ1n) is 8.15. The summed E-state index contributed by atoms with van der Waals surface area (Å²) in [6.45, 7) is 7.08. The molecule has 4 heteroatoms. The fraction of sp³-hybridized carbons (Fsp3) is 0.190. The average molecular weight is 352 g/mol. The summed E-state index contributed by atoms with van der Waals surface area (Å²) in [5, 5.41) is 1.75. The minimum atomic E-state index is -3.64. The number of carbonyl (C=O) groups excluding carboxylic acids is 1. The molecule has 0 aliphatic heterocycles. The van der Waals surface area contributed by atoms with Crippen molar-refractivity contribution in [1.82, 2.24) is 0 Å². The minimum Gasteiger partial charge on any atom is -0.341 e. The standard InChI is InChI=1S/C21H21O3P/c1-13-11-14(2)19(15(3)12-13)20(22)18-10-9-16-7-5-6-8-17(16)21(18)25(4,23)24/h5-12H,1-4H3,(H,23,24). The molecule has 0 aromatic heterocycles. The lowest BCUT2D eigenvalue weighted by atomic mass is 9.92. The zero-order valence-electron chi connectivity index (χ0n) is 14.8. The van der Waals surface area contributed by atoms with Crippen LogP contribution in [0.5, 0.6) is 0 Å². The van der Waals surface area contributed by atoms with Crippen LogP contribution < -0.4 is 5.30 Å². The molecule has 0 fully saturated rings. The highest BCUT2D eigenvalue weighted by Crippen LogP contribution is 2.39. The molecule has 0 bridgehead atoms. The lowest BCUT2D eigenvalue weighted by Gasteiger charge is -2.17. The summed E-state index contributed by atoms with van der Waals surface area (Å²) >= 11 is 0. The number of carbonyl (C=O) groups is 1. The van der Waals surface area contributed by atoms with Gasteiger partial charge in [-0.1, -0.05) is 48.0 Å². The van der Waals surface area contributed by atoms with Gasteiger partial charge in [-0.05, 0) is 48.7 Å². The summed E-state index contributed by atoms with van der Waals surface area (Å²) < 4.78 is 12.6. The van der Waals surface area contributed by atoms with Gasteiger partial charge < -0.3 is 4.89 Å². The van der Waals surface area contributed by atoms with E-state index >= 15 is 0 Å². The fourth-order valence-corrected chi connectivity index (χ4v) is 4.83. The molecule has 3 aromatic carbocycles. The number of hydrogen-bond acceptors (Lipinski definition) is 2. The maximum Gasteiger partial charge on any atom is 0.227 e. The Balaban J connectivity index is 2.33. The molecule has 1 atom stereocenters. The third kappa shape index (κ3) is 3.18. The van der Waals surface area contributed by atoms with E-state index in [1.807, 2.05) is 57.2 Å². The molecule has 0 saturated heterocycles. The van der Waals surface area contributed by atoms with Crippen LogP contribution in [-0.4, -0.2) is 17.3 Å². The number of rotatable bonds is 3. The Morgan fingerprint density at radius 1 is 0.960 bits per heavy atom. The molecule has 0 radical (unpaired) electrons. The largest absolute Gasteiger partial charge is 0.341 e. The average Bonchev–Trinajstić information content (AvgIpc) is 2.51. The Labute approximate surface area is 147 Å². The monoisotopic (exact) mass is 352 g/mol. The van der Waals surface area contributed by atoms with E-state index in [1.165, 1.54) is 6.66 Å². The highest BCUT2D eigenvalue weighted by atomic mass is 31.2. The van der Waals surface area contributed by atoms with Gasteiger partial charge in [0.15, 0.2) is 5.78 Å². The van der Waals surface area contributed by atoms with E-state index in [0.717, 1.165) is 22.1 Å². The third-order valence-corrected chi connectivity index (χ3v) is 5.78. The molecule has 0 heterocycles. The van der Waals surface area contributed by atoms with Crippen molar-refractivity contribution < 1.29 is 14.3 Å². The second-order valence-corrected chi connectivity index (χ2v) is 8.87. The first-order chi connectivity index (χ1) is 11.7. The Morgan fingerprint density at radius 3 is 2.16 bits per heavy atom. The number of ketones is 1. The predicted molar refractivity (Wildman–Crippen MR) is 103 cm³/mol. The zero-order chi connectivity index (χ0) is 18.4. The Hall–Kier alpha value is -2.22. The van der Waals surface area contributed by atoms with Gasteiger partial charge in [-0.25, -0.2) is 0 Å². The van der Waals surface area contributed by atoms with Crippen molar-refractivity contribution in [2.24, 2.45) is 0 Å². The van der Waals surface area contributed by atoms with E-state index in [4.69, 9.17) is 0 Å². The topological polar surface area (TPSA) is 54.4 Å². The van der Waals surface area contributed by atoms with Crippen LogP contribution >= 0.6 is 7.37 Å². The molecule has 0 amide bonds. The van der Waals surface area contributed by atoms with Crippen LogP contribution in [0.1, 0.15) is 32.6 Å². The SMILES string of the molecule is Cc1cc(C)c(C(=O)c2ccc3ccccc3c2P(C)(=O)O)c(C)c1. The molecule has 0 aliphatic rings. The van der Waals surface area contributed by atoms with Crippen LogP contribution in [0, 0.1) is 20.8 Å². The summed E-state index contributed by atoms with van der Waals surface area (Å²) in [4.78, 5) is 23.6. The Kier molecular flexibility index (Phi) is 4.40. The van der Waals surface area contributed by atoms with E-state index in [-0.39, 0.29) is 11.1 Å². The molecule has 1 unspecified atom stereocenters. The van der Waals surface area contributed by atoms with Gasteiger partial charge in [0.2, 0.25) is 7.37 Å². The van der Waals surface area contributed by atoms with Crippen LogP contribution in [0.4, 0.5) is 0 Å². The summed E-state index contributed by atoms with van der Waals surface area (Å²) in [5.41, 5.74) is 3.77. The van der Waals surface area contributed by atoms with Gasteiger partial charge in [0, 0.05) is 17.8 Å². The molecular formula is C21H21O3P. The van der Waals surface area contributed by atoms with Gasteiger partial charge in [-0.2, -0.15) is 0 Å². The first kappa shape index (κ1) is 17.6. The van der Waals surface area contributed by atoms with Gasteiger partial charge in [-0.15, -0.1) is 0 Å². The second-order valence-electron chi connectivity index (χ2n) is 6.66. The van der Waals surface area contributed by atoms with Crippen molar-refractivity contribution in [3.8, 4) is 0 Å². The van der Waals surface area contributed by atoms with Crippen molar-refractivity contribution in [2.45, 2.75) is 20.8 Å². The van der Waals surface area contributed by atoms with E-state index in [2.05, 4.69) is 0 Å². The van der Waals surface area contributed by atoms with Crippen LogP contribution in [0.2, 0.25) is 0 Å². The lowest BCUT2D eigenvalue weighted by Crippen LogP contribution is -2.19. The highest BCUT2D eigenvalue weighted by Gasteiger charge is 2.27. The van der Waals surface area contributed by atoms with E-state index in [9.17, 15) is 14.3 Å². The van der Waals surface area contributed by atoms with Crippen molar-refractivity contribution in [3.63, 3.8) is 0 Å². The molecule has 128 valence electrons. The molecule has 0 spiro atoms. The molecule has 25 heavy (non-hydrogen) atoms. The summed E-state index contributed by atoms with van der Waals surface area (Å²) in [6, 6.07) is 14.8. The maximum atomic E-state index is 13.3. The normalized spacial score (nSPS) is 13.6. The molecular weight excluding hydrogens is 331 g/mol. The number of hydrogen-bond donors (Lipinski definition) is 1. The van der Waals surface area contributed by atoms with Gasteiger partial charge in [-0.3, -0.25) is 9.36 Å². The van der Waals surface area contributed by atoms with Crippen molar-refractivity contribution in [1.29, 1.82) is 0 Å². The van der Waals surface area contributed by atoms with Crippen LogP contribution in [-0.2, 0) is 4.57 Å². The summed E-state index contributed by atoms with van der Waals surface area (Å²) in [5.74, 6) is -0.202. The summed E-state index contributed by atoms with van der Waals surface area (Å²) in [7, 11) is -3.64. The molecule has 0 aliphatic carbocycles. The Morgan fingerprint density at radius 2 is 1.56 bits per heavy atom. The minimum absolute atomic E-state index is 0.202. The van der Waals surface area contributed by atoms with Crippen molar-refractivity contribution in [3.05, 3.63) is 76.3 Å². The first-order valence-corrected chi connectivity index (χ1v) is 10.3.